The molecule has 1 aliphatic carbocycles. The number of esters is 1. The highest BCUT2D eigenvalue weighted by Crippen LogP contribution is 2.29. The molecule has 1 fully saturated rings. The molecule has 172 valence electrons. The number of ether oxygens (including phenoxy) is 1. The molecule has 0 bridgehead atoms. The predicted octanol–water partition coefficient (Wildman–Crippen LogP) is 2.54. The van der Waals surface area contributed by atoms with Crippen LogP contribution in [0.3, 0.4) is 0 Å². The number of carbonyl (C=O) groups is 2. The number of hydrogen-bond acceptors (Lipinski definition) is 6. The minimum Gasteiger partial charge on any atom is -0.452 e. The first kappa shape index (κ1) is 23.0. The molecule has 9 heteroatoms. The van der Waals surface area contributed by atoms with Gasteiger partial charge in [0.05, 0.1) is 16.5 Å². The van der Waals surface area contributed by atoms with Crippen LogP contribution in [0.2, 0.25) is 0 Å². The molecule has 1 heterocycles. The Kier molecular flexibility index (Phi) is 6.49. The van der Waals surface area contributed by atoms with Gasteiger partial charge in [0.1, 0.15) is 5.54 Å². The molecule has 4 rings (SSSR count). The van der Waals surface area contributed by atoms with Gasteiger partial charge >= 0.3 is 5.97 Å². The molecule has 0 radical (unpaired) electrons. The summed E-state index contributed by atoms with van der Waals surface area (Å²) < 4.78 is 32.6. The van der Waals surface area contributed by atoms with Crippen molar-refractivity contribution in [2.75, 3.05) is 13.2 Å². The van der Waals surface area contributed by atoms with Crippen LogP contribution in [0, 0.1) is 11.3 Å². The largest absolute Gasteiger partial charge is 0.452 e. The van der Waals surface area contributed by atoms with Crippen molar-refractivity contribution < 1.29 is 22.7 Å². The lowest BCUT2D eigenvalue weighted by atomic mass is 10.00. The van der Waals surface area contributed by atoms with Gasteiger partial charge in [-0.2, -0.15) is 9.57 Å². The van der Waals surface area contributed by atoms with Crippen LogP contribution in [0.5, 0.6) is 0 Å². The standard InChI is InChI=1S/C24H25N3O5S/c25-17-24(12-3-4-13-24)26-22(28)16-32-23(29)19-7-9-21(10-8-19)33(30,31)27-14-11-18-5-1-2-6-20(18)15-27/h1-2,5-10H,3-4,11-16H2,(H,26,28). The van der Waals surface area contributed by atoms with Gasteiger partial charge < -0.3 is 10.1 Å². The highest BCUT2D eigenvalue weighted by atomic mass is 32.2. The third kappa shape index (κ3) is 4.92. The van der Waals surface area contributed by atoms with E-state index in [1.165, 1.54) is 28.6 Å². The molecule has 2 aromatic carbocycles. The minimum absolute atomic E-state index is 0.0911. The van der Waals surface area contributed by atoms with Crippen LogP contribution in [-0.4, -0.2) is 43.3 Å². The zero-order valence-corrected chi connectivity index (χ0v) is 18.9. The Hall–Kier alpha value is -3.22. The Labute approximate surface area is 193 Å². The molecule has 2 aliphatic rings. The average molecular weight is 468 g/mol. The van der Waals surface area contributed by atoms with Crippen molar-refractivity contribution in [3.63, 3.8) is 0 Å². The molecule has 1 N–H and O–H groups in total. The maximum Gasteiger partial charge on any atom is 0.338 e. The molecule has 1 amide bonds. The van der Waals surface area contributed by atoms with Crippen LogP contribution in [-0.2, 0) is 32.5 Å². The lowest BCUT2D eigenvalue weighted by Crippen LogP contribution is -2.46. The number of sulfonamides is 1. The zero-order valence-electron chi connectivity index (χ0n) is 18.1. The average Bonchev–Trinajstić information content (AvgIpc) is 3.31. The van der Waals surface area contributed by atoms with Crippen LogP contribution < -0.4 is 5.32 Å². The van der Waals surface area contributed by atoms with Crippen LogP contribution in [0.4, 0.5) is 0 Å². The number of nitrogens with one attached hydrogen (secondary N) is 1. The van der Waals surface area contributed by atoms with E-state index in [2.05, 4.69) is 11.4 Å². The molecule has 2 aromatic rings. The lowest BCUT2D eigenvalue weighted by Gasteiger charge is -2.28. The van der Waals surface area contributed by atoms with Crippen molar-refractivity contribution in [2.45, 2.75) is 49.1 Å². The zero-order chi connectivity index (χ0) is 23.5. The van der Waals surface area contributed by atoms with Gasteiger partial charge in [0.2, 0.25) is 10.0 Å². The first-order chi connectivity index (χ1) is 15.8. The number of fused-ring (bicyclic) bond motifs is 1. The van der Waals surface area contributed by atoms with Crippen molar-refractivity contribution >= 4 is 21.9 Å². The summed E-state index contributed by atoms with van der Waals surface area (Å²) in [5, 5.41) is 12.0. The first-order valence-corrected chi connectivity index (χ1v) is 12.3. The quantitative estimate of drug-likeness (QED) is 0.653. The number of carbonyl (C=O) groups excluding carboxylic acids is 2. The van der Waals surface area contributed by atoms with E-state index in [-0.39, 0.29) is 10.5 Å². The molecule has 0 spiro atoms. The van der Waals surface area contributed by atoms with Crippen LogP contribution in [0.15, 0.2) is 53.4 Å². The molecule has 1 saturated carbocycles. The maximum atomic E-state index is 13.0. The van der Waals surface area contributed by atoms with Gasteiger partial charge in [0, 0.05) is 13.1 Å². The summed E-state index contributed by atoms with van der Waals surface area (Å²) >= 11 is 0. The Morgan fingerprint density at radius 1 is 1.06 bits per heavy atom. The lowest BCUT2D eigenvalue weighted by molar-refractivity contribution is -0.125. The van der Waals surface area contributed by atoms with Crippen molar-refractivity contribution in [1.29, 1.82) is 5.26 Å². The third-order valence-electron chi connectivity index (χ3n) is 6.21. The summed E-state index contributed by atoms with van der Waals surface area (Å²) in [5.74, 6) is -1.27. The van der Waals surface area contributed by atoms with Gasteiger partial charge in [-0.1, -0.05) is 24.3 Å². The fourth-order valence-electron chi connectivity index (χ4n) is 4.35. The Morgan fingerprint density at radius 2 is 1.73 bits per heavy atom. The van der Waals surface area contributed by atoms with Crippen molar-refractivity contribution in [3.8, 4) is 6.07 Å². The molecule has 8 nitrogen and oxygen atoms in total. The van der Waals surface area contributed by atoms with Gasteiger partial charge in [-0.25, -0.2) is 13.2 Å². The first-order valence-electron chi connectivity index (χ1n) is 10.9. The SMILES string of the molecule is N#CC1(NC(=O)COC(=O)c2ccc(S(=O)(=O)N3CCc4ccccc4C3)cc2)CCCC1. The number of hydrogen-bond donors (Lipinski definition) is 1. The molecule has 33 heavy (non-hydrogen) atoms. The number of nitriles is 1. The molecule has 1 aliphatic heterocycles. The molecule has 0 unspecified atom stereocenters. The van der Waals surface area contributed by atoms with Crippen LogP contribution in [0.1, 0.15) is 47.2 Å². The summed E-state index contributed by atoms with van der Waals surface area (Å²) in [7, 11) is -3.71. The molecule has 0 atom stereocenters. The molecule has 0 aromatic heterocycles. The Balaban J connectivity index is 1.36. The van der Waals surface area contributed by atoms with E-state index in [9.17, 15) is 23.3 Å². The normalized spacial score (nSPS) is 17.5. The highest BCUT2D eigenvalue weighted by molar-refractivity contribution is 7.89. The second kappa shape index (κ2) is 9.33. The van der Waals surface area contributed by atoms with Gasteiger partial charge in [0.25, 0.3) is 5.91 Å². The van der Waals surface area contributed by atoms with Crippen LogP contribution >= 0.6 is 0 Å². The molecule has 0 saturated heterocycles. The number of benzene rings is 2. The van der Waals surface area contributed by atoms with E-state index in [1.54, 1.807) is 0 Å². The molecular weight excluding hydrogens is 442 g/mol. The van der Waals surface area contributed by atoms with E-state index in [1.807, 2.05) is 24.3 Å². The predicted molar refractivity (Wildman–Crippen MR) is 119 cm³/mol. The van der Waals surface area contributed by atoms with Gasteiger partial charge in [0.15, 0.2) is 6.61 Å². The van der Waals surface area contributed by atoms with E-state index in [0.29, 0.717) is 32.4 Å². The van der Waals surface area contributed by atoms with Gasteiger partial charge in [-0.15, -0.1) is 0 Å². The second-order valence-corrected chi connectivity index (χ2v) is 10.3. The second-order valence-electron chi connectivity index (χ2n) is 8.41. The summed E-state index contributed by atoms with van der Waals surface area (Å²) in [6, 6.07) is 15.4. The summed E-state index contributed by atoms with van der Waals surface area (Å²) in [4.78, 5) is 24.5. The maximum absolute atomic E-state index is 13.0. The smallest absolute Gasteiger partial charge is 0.338 e. The van der Waals surface area contributed by atoms with Crippen LogP contribution in [0.25, 0.3) is 0 Å². The minimum atomic E-state index is -3.71. The number of nitrogens with zero attached hydrogens (tertiary/aromatic N) is 2. The van der Waals surface area contributed by atoms with E-state index in [0.717, 1.165) is 24.0 Å². The monoisotopic (exact) mass is 467 g/mol. The summed E-state index contributed by atoms with van der Waals surface area (Å²) in [6.07, 6.45) is 3.55. The summed E-state index contributed by atoms with van der Waals surface area (Å²) in [5.41, 5.74) is 1.40. The Morgan fingerprint density at radius 3 is 2.39 bits per heavy atom. The fourth-order valence-corrected chi connectivity index (χ4v) is 5.77. The summed E-state index contributed by atoms with van der Waals surface area (Å²) in [6.45, 7) is 0.194. The third-order valence-corrected chi connectivity index (χ3v) is 8.07. The van der Waals surface area contributed by atoms with E-state index < -0.39 is 34.0 Å². The van der Waals surface area contributed by atoms with Crippen molar-refractivity contribution in [2.24, 2.45) is 0 Å². The number of amides is 1. The van der Waals surface area contributed by atoms with Gasteiger partial charge in [-0.05, 0) is 67.5 Å². The van der Waals surface area contributed by atoms with Crippen molar-refractivity contribution in [1.82, 2.24) is 9.62 Å². The van der Waals surface area contributed by atoms with Gasteiger partial charge in [-0.3, -0.25) is 4.79 Å². The van der Waals surface area contributed by atoms with E-state index in [4.69, 9.17) is 4.74 Å². The fraction of sp³-hybridized carbons (Fsp3) is 0.375. The Bertz CT molecular complexity index is 1200. The van der Waals surface area contributed by atoms with Crippen molar-refractivity contribution in [3.05, 3.63) is 65.2 Å². The number of rotatable bonds is 6. The topological polar surface area (TPSA) is 117 Å². The highest BCUT2D eigenvalue weighted by Gasteiger charge is 2.35. The van der Waals surface area contributed by atoms with E-state index >= 15 is 0 Å². The molecular formula is C24H25N3O5S.